The molecule has 0 aromatic heterocycles. The van der Waals surface area contributed by atoms with Gasteiger partial charge in [0.15, 0.2) is 5.78 Å². The molecule has 0 aliphatic carbocycles. The summed E-state index contributed by atoms with van der Waals surface area (Å²) in [6.45, 7) is 8.03. The van der Waals surface area contributed by atoms with Gasteiger partial charge in [-0.1, -0.05) is 18.2 Å². The maximum Gasteiger partial charge on any atom is 0.410 e. The Morgan fingerprint density at radius 3 is 2.65 bits per heavy atom. The van der Waals surface area contributed by atoms with Gasteiger partial charge >= 0.3 is 6.09 Å². The van der Waals surface area contributed by atoms with E-state index < -0.39 is 5.60 Å². The Morgan fingerprint density at radius 2 is 2.04 bits per heavy atom. The maximum atomic E-state index is 12.1. The van der Waals surface area contributed by atoms with Crippen molar-refractivity contribution in [2.24, 2.45) is 0 Å². The lowest BCUT2D eigenvalue weighted by Gasteiger charge is -2.31. The fourth-order valence-electron chi connectivity index (χ4n) is 2.72. The number of nitrogens with zero attached hydrogens (tertiary/aromatic N) is 1. The van der Waals surface area contributed by atoms with Crippen LogP contribution in [0.5, 0.6) is 0 Å². The normalized spacial score (nSPS) is 17.3. The van der Waals surface area contributed by atoms with Crippen molar-refractivity contribution in [3.63, 3.8) is 0 Å². The molecule has 0 fully saturated rings. The second kappa shape index (κ2) is 6.71. The predicted molar refractivity (Wildman–Crippen MR) is 87.7 cm³/mol. The molecule has 0 radical (unpaired) electrons. The van der Waals surface area contributed by atoms with Crippen LogP contribution in [0, 0.1) is 0 Å². The van der Waals surface area contributed by atoms with Gasteiger partial charge in [0, 0.05) is 12.6 Å². The Morgan fingerprint density at radius 1 is 1.35 bits per heavy atom. The van der Waals surface area contributed by atoms with Gasteiger partial charge in [-0.2, -0.15) is 0 Å². The Labute approximate surface area is 137 Å². The van der Waals surface area contributed by atoms with Crippen molar-refractivity contribution in [1.82, 2.24) is 4.90 Å². The van der Waals surface area contributed by atoms with E-state index in [1.54, 1.807) is 14.0 Å². The van der Waals surface area contributed by atoms with Gasteiger partial charge in [-0.25, -0.2) is 4.79 Å². The third-order valence-corrected chi connectivity index (χ3v) is 3.75. The monoisotopic (exact) mass is 319 g/mol. The van der Waals surface area contributed by atoms with E-state index in [4.69, 9.17) is 9.47 Å². The number of carbonyl (C=O) groups excluding carboxylic acids is 2. The Hall–Kier alpha value is -1.88. The van der Waals surface area contributed by atoms with Gasteiger partial charge in [-0.3, -0.25) is 4.79 Å². The summed E-state index contributed by atoms with van der Waals surface area (Å²) in [5.41, 5.74) is 2.24. The number of benzene rings is 1. The first-order chi connectivity index (χ1) is 10.7. The number of likely N-dealkylation sites (N-methyl/N-ethyl adjacent to an activating group) is 1. The van der Waals surface area contributed by atoms with Gasteiger partial charge in [0.25, 0.3) is 0 Å². The zero-order chi connectivity index (χ0) is 17.2. The third kappa shape index (κ3) is 4.32. The van der Waals surface area contributed by atoms with Crippen LogP contribution in [0.15, 0.2) is 18.2 Å². The molecule has 1 amide bonds. The highest BCUT2D eigenvalue weighted by atomic mass is 16.6. The van der Waals surface area contributed by atoms with Gasteiger partial charge in [-0.15, -0.1) is 0 Å². The molecule has 1 heterocycles. The molecular formula is C18H25NO4. The minimum absolute atomic E-state index is 0.0583. The molecule has 1 unspecified atom stereocenters. The summed E-state index contributed by atoms with van der Waals surface area (Å²) in [6.07, 6.45) is 0.101. The molecule has 1 aromatic carbocycles. The summed E-state index contributed by atoms with van der Waals surface area (Å²) in [6, 6.07) is 5.68. The van der Waals surface area contributed by atoms with Gasteiger partial charge in [0.05, 0.1) is 13.2 Å². The summed E-state index contributed by atoms with van der Waals surface area (Å²) < 4.78 is 11.2. The second-order valence-electron chi connectivity index (χ2n) is 6.90. The number of fused-ring (bicyclic) bond motifs is 1. The van der Waals surface area contributed by atoms with E-state index in [9.17, 15) is 9.59 Å². The quantitative estimate of drug-likeness (QED) is 0.802. The average Bonchev–Trinajstić information content (AvgIpc) is 2.45. The van der Waals surface area contributed by atoms with Crippen molar-refractivity contribution in [3.05, 3.63) is 34.9 Å². The van der Waals surface area contributed by atoms with Crippen LogP contribution in [0.1, 0.15) is 55.3 Å². The van der Waals surface area contributed by atoms with E-state index >= 15 is 0 Å². The standard InChI is InChI=1S/C18H25NO4/c1-12(20)13-7-6-8-15-14(13)9-10-22-16(15)11-19(5)17(21)23-18(2,3)4/h6-8,16H,9-11H2,1-5H3. The van der Waals surface area contributed by atoms with Gasteiger partial charge < -0.3 is 14.4 Å². The predicted octanol–water partition coefficient (Wildman–Crippen LogP) is 3.37. The van der Waals surface area contributed by atoms with Crippen LogP contribution in [-0.2, 0) is 15.9 Å². The molecule has 0 N–H and O–H groups in total. The summed E-state index contributed by atoms with van der Waals surface area (Å²) >= 11 is 0. The molecule has 1 atom stereocenters. The lowest BCUT2D eigenvalue weighted by Crippen LogP contribution is -2.38. The number of carbonyl (C=O) groups is 2. The van der Waals surface area contributed by atoms with Crippen molar-refractivity contribution in [2.75, 3.05) is 20.2 Å². The lowest BCUT2D eigenvalue weighted by atomic mass is 9.91. The number of hydrogen-bond acceptors (Lipinski definition) is 4. The number of ether oxygens (including phenoxy) is 2. The average molecular weight is 319 g/mol. The molecule has 1 aliphatic heterocycles. The first-order valence-corrected chi connectivity index (χ1v) is 7.87. The highest BCUT2D eigenvalue weighted by Crippen LogP contribution is 2.30. The first-order valence-electron chi connectivity index (χ1n) is 7.87. The Balaban J connectivity index is 2.16. The van der Waals surface area contributed by atoms with Gasteiger partial charge in [0.1, 0.15) is 11.7 Å². The molecule has 2 rings (SSSR count). The smallest absolute Gasteiger partial charge is 0.410 e. The Kier molecular flexibility index (Phi) is 5.09. The van der Waals surface area contributed by atoms with E-state index in [1.807, 2.05) is 39.0 Å². The van der Waals surface area contributed by atoms with Crippen LogP contribution in [0.25, 0.3) is 0 Å². The van der Waals surface area contributed by atoms with Crippen LogP contribution in [0.2, 0.25) is 0 Å². The zero-order valence-electron chi connectivity index (χ0n) is 14.5. The topological polar surface area (TPSA) is 55.8 Å². The summed E-state index contributed by atoms with van der Waals surface area (Å²) in [5.74, 6) is 0.0583. The van der Waals surface area contributed by atoms with Gasteiger partial charge in [0.2, 0.25) is 0 Å². The third-order valence-electron chi connectivity index (χ3n) is 3.75. The van der Waals surface area contributed by atoms with Crippen LogP contribution in [0.3, 0.4) is 0 Å². The molecule has 1 aliphatic rings. The highest BCUT2D eigenvalue weighted by molar-refractivity contribution is 5.96. The SMILES string of the molecule is CC(=O)c1cccc2c1CCOC2CN(C)C(=O)OC(C)(C)C. The Bertz CT molecular complexity index is 604. The van der Waals surface area contributed by atoms with E-state index in [-0.39, 0.29) is 18.0 Å². The van der Waals surface area contributed by atoms with Gasteiger partial charge in [-0.05, 0) is 45.2 Å². The molecule has 1 aromatic rings. The fourth-order valence-corrected chi connectivity index (χ4v) is 2.72. The lowest BCUT2D eigenvalue weighted by molar-refractivity contribution is -0.00174. The largest absolute Gasteiger partial charge is 0.444 e. The zero-order valence-corrected chi connectivity index (χ0v) is 14.5. The van der Waals surface area contributed by atoms with Crippen molar-refractivity contribution in [1.29, 1.82) is 0 Å². The molecule has 0 saturated carbocycles. The van der Waals surface area contributed by atoms with Crippen LogP contribution in [0.4, 0.5) is 4.79 Å². The molecule has 0 saturated heterocycles. The van der Waals surface area contributed by atoms with E-state index in [1.165, 1.54) is 4.90 Å². The van der Waals surface area contributed by atoms with Crippen LogP contribution < -0.4 is 0 Å². The maximum absolute atomic E-state index is 12.1. The summed E-state index contributed by atoms with van der Waals surface area (Å²) in [7, 11) is 1.69. The van der Waals surface area contributed by atoms with Crippen molar-refractivity contribution in [2.45, 2.75) is 45.8 Å². The van der Waals surface area contributed by atoms with Crippen molar-refractivity contribution in [3.8, 4) is 0 Å². The van der Waals surface area contributed by atoms with Crippen LogP contribution in [-0.4, -0.2) is 42.6 Å². The molecule has 126 valence electrons. The molecule has 5 heteroatoms. The number of Topliss-reactive ketones (excluding diaryl/α,β-unsaturated/α-hetero) is 1. The number of amides is 1. The molecule has 0 bridgehead atoms. The molecular weight excluding hydrogens is 294 g/mol. The van der Waals surface area contributed by atoms with E-state index in [2.05, 4.69) is 0 Å². The molecule has 23 heavy (non-hydrogen) atoms. The van der Waals surface area contributed by atoms with Crippen molar-refractivity contribution >= 4 is 11.9 Å². The number of rotatable bonds is 3. The van der Waals surface area contributed by atoms with E-state index in [0.29, 0.717) is 13.2 Å². The summed E-state index contributed by atoms with van der Waals surface area (Å²) in [4.78, 5) is 25.4. The van der Waals surface area contributed by atoms with Crippen molar-refractivity contribution < 1.29 is 19.1 Å². The fraction of sp³-hybridized carbons (Fsp3) is 0.556. The first kappa shape index (κ1) is 17.5. The molecule has 0 spiro atoms. The second-order valence-corrected chi connectivity index (χ2v) is 6.90. The van der Waals surface area contributed by atoms with Crippen LogP contribution >= 0.6 is 0 Å². The molecule has 5 nitrogen and oxygen atoms in total. The minimum Gasteiger partial charge on any atom is -0.444 e. The number of hydrogen-bond donors (Lipinski definition) is 0. The van der Waals surface area contributed by atoms with E-state index in [0.717, 1.165) is 23.1 Å². The highest BCUT2D eigenvalue weighted by Gasteiger charge is 2.28. The minimum atomic E-state index is -0.529. The number of ketones is 1. The summed E-state index contributed by atoms with van der Waals surface area (Å²) in [5, 5.41) is 0.